The molecule has 0 atom stereocenters. The number of anilines is 2. The largest absolute Gasteiger partial charge is 0.457 e. The van der Waals surface area contributed by atoms with Crippen LogP contribution in [0.1, 0.15) is 108 Å². The molecule has 0 saturated heterocycles. The summed E-state index contributed by atoms with van der Waals surface area (Å²) in [6, 6.07) is 16.7. The van der Waals surface area contributed by atoms with Crippen LogP contribution in [-0.4, -0.2) is 69.1 Å². The van der Waals surface area contributed by atoms with Gasteiger partial charge >= 0.3 is 0 Å². The number of fused-ring (bicyclic) bond motifs is 1. The molecule has 3 N–H and O–H groups in total. The van der Waals surface area contributed by atoms with Gasteiger partial charge in [-0.15, -0.1) is 0 Å². The first kappa shape index (κ1) is 40.8. The molecule has 1 aliphatic heterocycles. The van der Waals surface area contributed by atoms with Crippen LogP contribution >= 0.6 is 0 Å². The van der Waals surface area contributed by atoms with E-state index in [1.165, 1.54) is 25.3 Å². The Labute approximate surface area is 347 Å². The lowest BCUT2D eigenvalue weighted by atomic mass is 9.86. The highest BCUT2D eigenvalue weighted by Gasteiger charge is 2.29. The molecule has 0 bridgehead atoms. The number of aryl methyl sites for hydroxylation is 1. The van der Waals surface area contributed by atoms with Gasteiger partial charge in [-0.05, 0) is 125 Å². The number of pyridine rings is 1. The number of carbonyl (C=O) groups is 3. The molecule has 60 heavy (non-hydrogen) atoms. The number of amides is 3. The number of nitrogens with one attached hydrogen (secondary N) is 3. The summed E-state index contributed by atoms with van der Waals surface area (Å²) < 4.78 is 41.6. The summed E-state index contributed by atoms with van der Waals surface area (Å²) in [7, 11) is 2.15. The molecular formula is C45H50F2N8O5. The summed E-state index contributed by atoms with van der Waals surface area (Å²) >= 11 is 0. The highest BCUT2D eigenvalue weighted by atomic mass is 19.3. The quantitative estimate of drug-likeness (QED) is 0.0578. The fourth-order valence-electron chi connectivity index (χ4n) is 8.15. The summed E-state index contributed by atoms with van der Waals surface area (Å²) in [6.45, 7) is 2.81. The summed E-state index contributed by atoms with van der Waals surface area (Å²) in [5, 5.41) is 12.5. The van der Waals surface area contributed by atoms with E-state index in [-0.39, 0.29) is 35.6 Å². The average Bonchev–Trinajstić information content (AvgIpc) is 3.75. The Morgan fingerprint density at radius 2 is 1.83 bits per heavy atom. The zero-order chi connectivity index (χ0) is 41.6. The Morgan fingerprint density at radius 1 is 1.02 bits per heavy atom. The Bertz CT molecular complexity index is 2320. The number of aromatic nitrogens is 4. The molecule has 13 nitrogen and oxygen atoms in total. The normalized spacial score (nSPS) is 17.8. The first-order chi connectivity index (χ1) is 29.1. The van der Waals surface area contributed by atoms with Crippen molar-refractivity contribution in [3.05, 3.63) is 101 Å². The lowest BCUT2D eigenvalue weighted by Gasteiger charge is -2.31. The third-order valence-electron chi connectivity index (χ3n) is 11.6. The zero-order valence-corrected chi connectivity index (χ0v) is 33.7. The predicted octanol–water partition coefficient (Wildman–Crippen LogP) is 8.63. The van der Waals surface area contributed by atoms with Gasteiger partial charge in [0.25, 0.3) is 18.2 Å². The summed E-state index contributed by atoms with van der Waals surface area (Å²) in [5.41, 5.74) is 2.36. The van der Waals surface area contributed by atoms with Gasteiger partial charge in [0.05, 0.1) is 23.7 Å². The number of imide groups is 1. The summed E-state index contributed by atoms with van der Waals surface area (Å²) in [5.74, 6) is 1.80. The maximum absolute atomic E-state index is 14.1. The van der Waals surface area contributed by atoms with Gasteiger partial charge in [0.2, 0.25) is 11.8 Å². The Hall–Kier alpha value is -5.96. The molecule has 4 heterocycles. The molecule has 2 fully saturated rings. The molecule has 314 valence electrons. The fourth-order valence-corrected chi connectivity index (χ4v) is 8.15. The predicted molar refractivity (Wildman–Crippen MR) is 221 cm³/mol. The molecule has 3 amide bonds. The van der Waals surface area contributed by atoms with Crippen molar-refractivity contribution in [1.82, 2.24) is 30.0 Å². The summed E-state index contributed by atoms with van der Waals surface area (Å²) in [6.07, 6.45) is 11.7. The van der Waals surface area contributed by atoms with Crippen LogP contribution in [-0.2, 0) is 17.6 Å². The molecule has 0 unspecified atom stereocenters. The van der Waals surface area contributed by atoms with E-state index in [2.05, 4.69) is 49.0 Å². The lowest BCUT2D eigenvalue weighted by molar-refractivity contribution is -0.119. The first-order valence-corrected chi connectivity index (χ1v) is 20.9. The van der Waals surface area contributed by atoms with E-state index in [0.717, 1.165) is 76.6 Å². The molecule has 15 heteroatoms. The van der Waals surface area contributed by atoms with Crippen molar-refractivity contribution < 1.29 is 32.3 Å². The van der Waals surface area contributed by atoms with Crippen molar-refractivity contribution in [3.63, 3.8) is 0 Å². The number of unbranched alkanes of at least 4 members (excludes halogenated alkanes) is 2. The van der Waals surface area contributed by atoms with Gasteiger partial charge in [-0.25, -0.2) is 18.7 Å². The maximum Gasteiger partial charge on any atom is 0.284 e. The van der Waals surface area contributed by atoms with Crippen LogP contribution in [0.5, 0.6) is 11.5 Å². The van der Waals surface area contributed by atoms with Crippen molar-refractivity contribution in [2.45, 2.75) is 83.1 Å². The fraction of sp³-hybridized carbons (Fsp3) is 0.422. The van der Waals surface area contributed by atoms with Gasteiger partial charge in [-0.2, -0.15) is 5.10 Å². The minimum Gasteiger partial charge on any atom is -0.457 e. The van der Waals surface area contributed by atoms with E-state index >= 15 is 0 Å². The lowest BCUT2D eigenvalue weighted by Crippen LogP contribution is -2.37. The monoisotopic (exact) mass is 820 g/mol. The van der Waals surface area contributed by atoms with Crippen molar-refractivity contribution in [2.75, 3.05) is 37.3 Å². The topological polar surface area (TPSA) is 157 Å². The van der Waals surface area contributed by atoms with Crippen LogP contribution in [0.25, 0.3) is 11.5 Å². The first-order valence-electron chi connectivity index (χ1n) is 20.9. The highest BCUT2D eigenvalue weighted by Crippen LogP contribution is 2.36. The van der Waals surface area contributed by atoms with Crippen LogP contribution < -0.4 is 20.7 Å². The number of hydrogen-bond acceptors (Lipinski definition) is 10. The second kappa shape index (κ2) is 18.5. The third-order valence-corrected chi connectivity index (χ3v) is 11.6. The zero-order valence-electron chi connectivity index (χ0n) is 33.7. The minimum absolute atomic E-state index is 0.0237. The van der Waals surface area contributed by atoms with Crippen LogP contribution in [0, 0.1) is 11.8 Å². The van der Waals surface area contributed by atoms with Crippen LogP contribution in [0.4, 0.5) is 20.3 Å². The Kier molecular flexibility index (Phi) is 12.6. The van der Waals surface area contributed by atoms with Crippen molar-refractivity contribution >= 4 is 29.2 Å². The molecule has 3 aliphatic rings. The van der Waals surface area contributed by atoms with Crippen molar-refractivity contribution in [3.8, 4) is 23.0 Å². The number of rotatable bonds is 18. The molecule has 3 aromatic heterocycles. The van der Waals surface area contributed by atoms with Crippen molar-refractivity contribution in [2.24, 2.45) is 11.8 Å². The number of hydrogen-bond donors (Lipinski definition) is 3. The van der Waals surface area contributed by atoms with Gasteiger partial charge in [0.1, 0.15) is 23.6 Å². The molecule has 2 aromatic carbocycles. The SMILES string of the molecule is CN(CCCCCc1cccc(Oc2cccc3c2C(=O)NC(=O)C3)c1)CC1CCC(n2cc(NC(=O)c3coc(-c4ccnc(NCC5CC5)c4)n3)c(C(F)F)n2)CC1. The van der Waals surface area contributed by atoms with E-state index in [0.29, 0.717) is 45.8 Å². The highest BCUT2D eigenvalue weighted by molar-refractivity contribution is 6.11. The van der Waals surface area contributed by atoms with Gasteiger partial charge in [0, 0.05) is 31.0 Å². The number of alkyl halides is 2. The second-order valence-electron chi connectivity index (χ2n) is 16.3. The molecule has 2 aliphatic carbocycles. The molecule has 2 saturated carbocycles. The minimum atomic E-state index is -2.86. The van der Waals surface area contributed by atoms with E-state index in [1.807, 2.05) is 18.2 Å². The number of oxazole rings is 1. The van der Waals surface area contributed by atoms with E-state index < -0.39 is 23.9 Å². The van der Waals surface area contributed by atoms with Gasteiger partial charge in [-0.3, -0.25) is 24.4 Å². The molecule has 0 radical (unpaired) electrons. The standard InChI is InChI=1S/C45H50F2N8O5/c1-54(20-4-2-3-7-28-8-5-10-34(21-28)60-37-11-6-9-31-23-39(56)52-44(58)40(31)37)25-30-14-16-33(17-15-30)55-26-35(41(53-55)42(46)47)50-43(57)36-27-59-45(51-36)32-18-19-48-38(22-32)49-24-29-12-13-29/h5-6,8-11,18-19,21-22,26-27,29-30,33,42H,2-4,7,12-17,20,23-25H2,1H3,(H,48,49)(H,50,57)(H,52,56,58). The van der Waals surface area contributed by atoms with Gasteiger partial charge < -0.3 is 24.7 Å². The van der Waals surface area contributed by atoms with Crippen LogP contribution in [0.3, 0.4) is 0 Å². The third kappa shape index (κ3) is 10.2. The number of carbonyl (C=O) groups excluding carboxylic acids is 3. The molecule has 5 aromatic rings. The molecule has 8 rings (SSSR count). The van der Waals surface area contributed by atoms with Crippen LogP contribution in [0.15, 0.2) is 77.7 Å². The summed E-state index contributed by atoms with van der Waals surface area (Å²) in [4.78, 5) is 48.5. The van der Waals surface area contributed by atoms with E-state index in [4.69, 9.17) is 9.15 Å². The smallest absolute Gasteiger partial charge is 0.284 e. The average molecular weight is 821 g/mol. The maximum atomic E-state index is 14.1. The van der Waals surface area contributed by atoms with Gasteiger partial charge in [-0.1, -0.05) is 30.7 Å². The second-order valence-corrected chi connectivity index (χ2v) is 16.3. The number of benzene rings is 2. The van der Waals surface area contributed by atoms with E-state index in [9.17, 15) is 23.2 Å². The number of halogens is 2. The van der Waals surface area contributed by atoms with E-state index in [1.54, 1.807) is 41.2 Å². The number of nitrogens with zero attached hydrogens (tertiary/aromatic N) is 5. The molecule has 0 spiro atoms. The van der Waals surface area contributed by atoms with Gasteiger partial charge in [0.15, 0.2) is 11.4 Å². The molecular weight excluding hydrogens is 771 g/mol. The van der Waals surface area contributed by atoms with Crippen molar-refractivity contribution in [1.29, 1.82) is 0 Å². The van der Waals surface area contributed by atoms with Crippen LogP contribution in [0.2, 0.25) is 0 Å². The Balaban J connectivity index is 0.761. The number of ether oxygens (including phenoxy) is 1. The Morgan fingerprint density at radius 3 is 2.65 bits per heavy atom.